The Morgan fingerprint density at radius 2 is 1.84 bits per heavy atom. The van der Waals surface area contributed by atoms with Crippen molar-refractivity contribution in [3.63, 3.8) is 0 Å². The second-order valence-electron chi connectivity index (χ2n) is 7.93. The average molecular weight is 443 g/mol. The van der Waals surface area contributed by atoms with Gasteiger partial charge in [0, 0.05) is 65.2 Å². The number of aryl methyl sites for hydroxylation is 1. The van der Waals surface area contributed by atoms with E-state index in [-0.39, 0.29) is 30.5 Å². The number of pyridine rings is 2. The van der Waals surface area contributed by atoms with Gasteiger partial charge < -0.3 is 14.3 Å². The first kappa shape index (κ1) is 19.3. The van der Waals surface area contributed by atoms with Crippen molar-refractivity contribution in [2.75, 3.05) is 18.0 Å². The van der Waals surface area contributed by atoms with Crippen molar-refractivity contribution in [2.24, 2.45) is 7.05 Å². The highest BCUT2D eigenvalue weighted by atomic mass is 19.1. The van der Waals surface area contributed by atoms with Gasteiger partial charge in [-0.3, -0.25) is 9.69 Å². The van der Waals surface area contributed by atoms with Crippen molar-refractivity contribution in [3.8, 4) is 0 Å². The van der Waals surface area contributed by atoms with Gasteiger partial charge in [0.05, 0.1) is 11.2 Å². The molecular formula is C23H22F3N5O. The largest absolute Gasteiger partial charge is 0.362 e. The lowest BCUT2D eigenvalue weighted by Gasteiger charge is -2.45. The number of piperazine rings is 1. The minimum Gasteiger partial charge on any atom is -0.362 e. The number of nitrogens with zero attached hydrogens (tertiary/aromatic N) is 5. The molecule has 3 heterocycles. The minimum absolute atomic E-state index is 0.0592. The van der Waals surface area contributed by atoms with Crippen molar-refractivity contribution >= 4 is 22.5 Å². The van der Waals surface area contributed by atoms with E-state index in [4.69, 9.17) is 9.31 Å². The van der Waals surface area contributed by atoms with E-state index in [0.717, 1.165) is 0 Å². The lowest BCUT2D eigenvalue weighted by molar-refractivity contribution is 0.154. The van der Waals surface area contributed by atoms with Crippen LogP contribution in [0.1, 0.15) is 22.2 Å². The van der Waals surface area contributed by atoms with Crippen LogP contribution in [0.15, 0.2) is 35.1 Å². The van der Waals surface area contributed by atoms with Gasteiger partial charge in [-0.15, -0.1) is 4.98 Å². The maximum atomic E-state index is 14.4. The molecule has 1 aliphatic heterocycles. The zero-order valence-electron chi connectivity index (χ0n) is 19.7. The zero-order valence-corrected chi connectivity index (χ0v) is 17.7. The van der Waals surface area contributed by atoms with Gasteiger partial charge in [-0.2, -0.15) is 0 Å². The number of halogens is 3. The molecule has 6 nitrogen and oxygen atoms in total. The van der Waals surface area contributed by atoms with E-state index in [1.54, 1.807) is 27.0 Å². The zero-order chi connectivity index (χ0) is 24.9. The van der Waals surface area contributed by atoms with Crippen LogP contribution in [0, 0.1) is 24.0 Å². The predicted octanol–water partition coefficient (Wildman–Crippen LogP) is 4.00. The van der Waals surface area contributed by atoms with Gasteiger partial charge in [-0.1, -0.05) is 6.57 Å². The van der Waals surface area contributed by atoms with Crippen LogP contribution < -0.4 is 10.5 Å². The molecule has 0 unspecified atom stereocenters. The molecule has 9 heteroatoms. The van der Waals surface area contributed by atoms with Gasteiger partial charge in [0.25, 0.3) is 11.4 Å². The Labute approximate surface area is 186 Å². The number of rotatable bonds is 3. The first-order valence-electron chi connectivity index (χ1n) is 11.0. The quantitative estimate of drug-likeness (QED) is 0.574. The minimum atomic E-state index is -2.55. The van der Waals surface area contributed by atoms with Crippen LogP contribution in [0.4, 0.5) is 24.7 Å². The molecule has 2 atom stereocenters. The molecule has 32 heavy (non-hydrogen) atoms. The Morgan fingerprint density at radius 1 is 1.16 bits per heavy atom. The monoisotopic (exact) mass is 443 g/mol. The van der Waals surface area contributed by atoms with Crippen molar-refractivity contribution in [2.45, 2.75) is 32.4 Å². The predicted molar refractivity (Wildman–Crippen MR) is 116 cm³/mol. The van der Waals surface area contributed by atoms with Gasteiger partial charge in [-0.05, 0) is 26.0 Å². The molecule has 2 aromatic heterocycles. The van der Waals surface area contributed by atoms with Crippen molar-refractivity contribution in [1.29, 1.82) is 0 Å². The Bertz CT molecular complexity index is 1360. The number of fused-ring (bicyclic) bond motifs is 1. The molecule has 0 spiro atoms. The highest BCUT2D eigenvalue weighted by molar-refractivity contribution is 5.89. The molecule has 0 bridgehead atoms. The van der Waals surface area contributed by atoms with Crippen molar-refractivity contribution in [1.82, 2.24) is 14.5 Å². The topological polar surface area (TPSA) is 45.7 Å². The standard InChI is InChI=1S/C23H22F3N5O/c1-13-11-31(14(2)10-30(13)12-16-17(25)7-15(24)8-18(16)26)20-9-22(32)29(4)19-5-6-21(27-3)28-23(19)20/h5-9,13-14H,10-12H2,1-2,4H3/t13-,14+/m1/s1/i12D2. The Hall–Kier alpha value is -3.38. The Kier molecular flexibility index (Phi) is 5.00. The molecule has 0 saturated carbocycles. The molecular weight excluding hydrogens is 419 g/mol. The summed E-state index contributed by atoms with van der Waals surface area (Å²) in [6.45, 7) is 8.51. The molecule has 4 rings (SSSR count). The number of anilines is 1. The molecule has 1 aromatic carbocycles. The van der Waals surface area contributed by atoms with Gasteiger partial charge >= 0.3 is 0 Å². The number of hydrogen-bond acceptors (Lipinski definition) is 4. The first-order valence-corrected chi connectivity index (χ1v) is 10.0. The van der Waals surface area contributed by atoms with Crippen LogP contribution in [0.2, 0.25) is 0 Å². The summed E-state index contributed by atoms with van der Waals surface area (Å²) in [7, 11) is 1.61. The average Bonchev–Trinajstić information content (AvgIpc) is 2.76. The highest BCUT2D eigenvalue weighted by Gasteiger charge is 2.32. The first-order chi connectivity index (χ1) is 15.9. The fourth-order valence-electron chi connectivity index (χ4n) is 3.99. The summed E-state index contributed by atoms with van der Waals surface area (Å²) in [6, 6.07) is 4.62. The molecule has 0 radical (unpaired) electrons. The number of benzene rings is 1. The molecule has 0 aliphatic carbocycles. The van der Waals surface area contributed by atoms with Gasteiger partial charge in [0.2, 0.25) is 5.52 Å². The molecule has 0 N–H and O–H groups in total. The third-order valence-corrected chi connectivity index (χ3v) is 5.73. The van der Waals surface area contributed by atoms with E-state index in [1.165, 1.54) is 21.6 Å². The Balaban J connectivity index is 1.75. The van der Waals surface area contributed by atoms with Crippen LogP contribution >= 0.6 is 0 Å². The second-order valence-corrected chi connectivity index (χ2v) is 7.93. The highest BCUT2D eigenvalue weighted by Crippen LogP contribution is 2.30. The molecule has 1 fully saturated rings. The summed E-state index contributed by atoms with van der Waals surface area (Å²) in [6.07, 6.45) is 0. The third-order valence-electron chi connectivity index (χ3n) is 5.73. The van der Waals surface area contributed by atoms with Crippen LogP contribution in [0.3, 0.4) is 0 Å². The lowest BCUT2D eigenvalue weighted by atomic mass is 10.0. The van der Waals surface area contributed by atoms with E-state index in [9.17, 15) is 18.0 Å². The summed E-state index contributed by atoms with van der Waals surface area (Å²) >= 11 is 0. The Morgan fingerprint density at radius 3 is 2.50 bits per heavy atom. The van der Waals surface area contributed by atoms with E-state index in [0.29, 0.717) is 28.9 Å². The van der Waals surface area contributed by atoms with Crippen molar-refractivity contribution in [3.05, 3.63) is 75.1 Å². The van der Waals surface area contributed by atoms with Crippen LogP contribution in [0.5, 0.6) is 0 Å². The van der Waals surface area contributed by atoms with E-state index in [2.05, 4.69) is 9.83 Å². The normalized spacial score (nSPS) is 20.7. The summed E-state index contributed by atoms with van der Waals surface area (Å²) in [5, 5.41) is 0. The molecule has 0 amide bonds. The third kappa shape index (κ3) is 3.82. The summed E-state index contributed by atoms with van der Waals surface area (Å²) in [4.78, 5) is 23.6. The van der Waals surface area contributed by atoms with E-state index in [1.807, 2.05) is 4.90 Å². The smallest absolute Gasteiger partial charge is 0.270 e. The fraction of sp³-hybridized carbons (Fsp3) is 0.348. The molecule has 1 saturated heterocycles. The van der Waals surface area contributed by atoms with Crippen LogP contribution in [0.25, 0.3) is 15.9 Å². The number of hydrogen-bond donors (Lipinski definition) is 0. The fourth-order valence-corrected chi connectivity index (χ4v) is 3.99. The van der Waals surface area contributed by atoms with Gasteiger partial charge in [0.1, 0.15) is 17.5 Å². The maximum absolute atomic E-state index is 14.4. The second kappa shape index (κ2) is 8.28. The summed E-state index contributed by atoms with van der Waals surface area (Å²) < 4.78 is 60.7. The molecule has 1 aliphatic rings. The van der Waals surface area contributed by atoms with Crippen molar-refractivity contribution < 1.29 is 15.9 Å². The lowest BCUT2D eigenvalue weighted by Crippen LogP contribution is -2.56. The van der Waals surface area contributed by atoms with Gasteiger partial charge in [-0.25, -0.2) is 13.2 Å². The SMILES string of the molecule is [2H]C([2H])(c1c(F)cc(F)cc1F)N1C[C@H](C)N(c2cc(=O)n(C)c3ccc([N+]#[C-])nc23)C[C@H]1C. The van der Waals surface area contributed by atoms with Crippen LogP contribution in [-0.4, -0.2) is 39.6 Å². The van der Waals surface area contributed by atoms with Crippen LogP contribution in [-0.2, 0) is 13.5 Å². The summed E-state index contributed by atoms with van der Waals surface area (Å²) in [5.41, 5.74) is 0.392. The van der Waals surface area contributed by atoms with E-state index >= 15 is 0 Å². The number of aromatic nitrogens is 2. The maximum Gasteiger partial charge on any atom is 0.270 e. The summed E-state index contributed by atoms with van der Waals surface area (Å²) in [5.74, 6) is -3.54. The molecule has 3 aromatic rings. The molecule has 166 valence electrons. The van der Waals surface area contributed by atoms with E-state index < -0.39 is 35.6 Å². The van der Waals surface area contributed by atoms with Gasteiger partial charge in [0.15, 0.2) is 0 Å².